The number of rotatable bonds is 5. The first-order valence-electron chi connectivity index (χ1n) is 4.53. The van der Waals surface area contributed by atoms with Crippen LogP contribution in [-0.4, -0.2) is 21.2 Å². The SMILES string of the molecule is O=C(O)c1ccoc1CNCc1ncon1. The molecule has 0 aliphatic rings. The Morgan fingerprint density at radius 3 is 3.06 bits per heavy atom. The highest BCUT2D eigenvalue weighted by Crippen LogP contribution is 2.10. The minimum Gasteiger partial charge on any atom is -0.478 e. The number of carbonyl (C=O) groups is 1. The third-order valence-corrected chi connectivity index (χ3v) is 1.95. The van der Waals surface area contributed by atoms with Gasteiger partial charge in [-0.15, -0.1) is 0 Å². The Bertz CT molecular complexity index is 463. The van der Waals surface area contributed by atoms with Crippen molar-refractivity contribution in [2.45, 2.75) is 13.1 Å². The Kier molecular flexibility index (Phi) is 2.97. The van der Waals surface area contributed by atoms with Gasteiger partial charge in [-0.2, -0.15) is 4.98 Å². The summed E-state index contributed by atoms with van der Waals surface area (Å²) in [6.45, 7) is 0.680. The first-order chi connectivity index (χ1) is 7.77. The molecule has 0 radical (unpaired) electrons. The minimum atomic E-state index is -1.01. The van der Waals surface area contributed by atoms with E-state index in [1.165, 1.54) is 18.7 Å². The summed E-state index contributed by atoms with van der Waals surface area (Å²) in [6.07, 6.45) is 2.57. The minimum absolute atomic E-state index is 0.153. The molecule has 0 spiro atoms. The molecule has 0 aliphatic carbocycles. The molecule has 0 atom stereocenters. The first kappa shape index (κ1) is 10.4. The molecule has 0 aliphatic heterocycles. The molecule has 2 rings (SSSR count). The molecule has 2 aromatic rings. The maximum atomic E-state index is 10.7. The summed E-state index contributed by atoms with van der Waals surface area (Å²) in [5.74, 6) is -0.135. The number of hydrogen-bond acceptors (Lipinski definition) is 6. The number of hydrogen-bond donors (Lipinski definition) is 2. The third-order valence-electron chi connectivity index (χ3n) is 1.95. The first-order valence-corrected chi connectivity index (χ1v) is 4.53. The normalized spacial score (nSPS) is 10.5. The molecule has 0 unspecified atom stereocenters. The van der Waals surface area contributed by atoms with Crippen molar-refractivity contribution in [2.75, 3.05) is 0 Å². The fourth-order valence-electron chi connectivity index (χ4n) is 1.23. The van der Waals surface area contributed by atoms with Crippen LogP contribution in [0.2, 0.25) is 0 Å². The van der Waals surface area contributed by atoms with Gasteiger partial charge in [0.15, 0.2) is 5.82 Å². The lowest BCUT2D eigenvalue weighted by atomic mass is 10.2. The smallest absolute Gasteiger partial charge is 0.339 e. The van der Waals surface area contributed by atoms with E-state index >= 15 is 0 Å². The van der Waals surface area contributed by atoms with Gasteiger partial charge in [-0.25, -0.2) is 4.79 Å². The van der Waals surface area contributed by atoms with Gasteiger partial charge < -0.3 is 19.4 Å². The van der Waals surface area contributed by atoms with E-state index in [2.05, 4.69) is 20.0 Å². The number of nitrogens with zero attached hydrogens (tertiary/aromatic N) is 2. The molecular weight excluding hydrogens is 214 g/mol. The fraction of sp³-hybridized carbons (Fsp3) is 0.222. The summed E-state index contributed by atoms with van der Waals surface area (Å²) >= 11 is 0. The lowest BCUT2D eigenvalue weighted by Gasteiger charge is -1.99. The van der Waals surface area contributed by atoms with Gasteiger partial charge in [0.2, 0.25) is 6.39 Å². The molecule has 0 saturated carbocycles. The molecule has 0 saturated heterocycles. The molecule has 7 heteroatoms. The summed E-state index contributed by atoms with van der Waals surface area (Å²) in [7, 11) is 0. The molecule has 0 aromatic carbocycles. The van der Waals surface area contributed by atoms with Gasteiger partial charge in [0.1, 0.15) is 11.3 Å². The molecule has 0 bridgehead atoms. The highest BCUT2D eigenvalue weighted by atomic mass is 16.5. The van der Waals surface area contributed by atoms with Crippen LogP contribution in [0.15, 0.2) is 27.7 Å². The number of furan rings is 1. The van der Waals surface area contributed by atoms with E-state index in [-0.39, 0.29) is 5.56 Å². The van der Waals surface area contributed by atoms with Gasteiger partial charge in [-0.3, -0.25) is 0 Å². The van der Waals surface area contributed by atoms with Gasteiger partial charge in [0.25, 0.3) is 0 Å². The van der Waals surface area contributed by atoms with E-state index in [0.29, 0.717) is 24.7 Å². The standard InChI is InChI=1S/C9H9N3O4/c13-9(14)6-1-2-15-7(6)3-10-4-8-11-5-16-12-8/h1-2,5,10H,3-4H2,(H,13,14). The van der Waals surface area contributed by atoms with Gasteiger partial charge in [0.05, 0.1) is 19.4 Å². The van der Waals surface area contributed by atoms with E-state index in [1.54, 1.807) is 0 Å². The Balaban J connectivity index is 1.90. The lowest BCUT2D eigenvalue weighted by molar-refractivity contribution is 0.0694. The molecule has 0 amide bonds. The van der Waals surface area contributed by atoms with Crippen LogP contribution in [0.4, 0.5) is 0 Å². The van der Waals surface area contributed by atoms with Gasteiger partial charge in [0, 0.05) is 0 Å². The molecule has 16 heavy (non-hydrogen) atoms. The average molecular weight is 223 g/mol. The van der Waals surface area contributed by atoms with Crippen molar-refractivity contribution in [2.24, 2.45) is 0 Å². The maximum absolute atomic E-state index is 10.7. The summed E-state index contributed by atoms with van der Waals surface area (Å²) in [4.78, 5) is 14.6. The second-order valence-corrected chi connectivity index (χ2v) is 3.01. The molecule has 0 fully saturated rings. The number of nitrogens with one attached hydrogen (secondary N) is 1. The van der Waals surface area contributed by atoms with Crippen LogP contribution in [0.1, 0.15) is 21.9 Å². The van der Waals surface area contributed by atoms with Crippen molar-refractivity contribution in [1.82, 2.24) is 15.5 Å². The molecule has 2 aromatic heterocycles. The van der Waals surface area contributed by atoms with Crippen molar-refractivity contribution >= 4 is 5.97 Å². The van der Waals surface area contributed by atoms with E-state index in [9.17, 15) is 4.79 Å². The van der Waals surface area contributed by atoms with Gasteiger partial charge >= 0.3 is 5.97 Å². The van der Waals surface area contributed by atoms with Crippen LogP contribution in [0, 0.1) is 0 Å². The van der Waals surface area contributed by atoms with E-state index in [4.69, 9.17) is 9.52 Å². The number of carboxylic acid groups (broad SMARTS) is 1. The van der Waals surface area contributed by atoms with Crippen molar-refractivity contribution in [3.05, 3.63) is 35.9 Å². The maximum Gasteiger partial charge on any atom is 0.339 e. The van der Waals surface area contributed by atoms with Crippen molar-refractivity contribution < 1.29 is 18.8 Å². The highest BCUT2D eigenvalue weighted by molar-refractivity contribution is 5.88. The number of aromatic carboxylic acids is 1. The van der Waals surface area contributed by atoms with Crippen LogP contribution in [-0.2, 0) is 13.1 Å². The number of carboxylic acids is 1. The van der Waals surface area contributed by atoms with Crippen molar-refractivity contribution in [1.29, 1.82) is 0 Å². The Morgan fingerprint density at radius 2 is 2.38 bits per heavy atom. The molecule has 2 N–H and O–H groups in total. The highest BCUT2D eigenvalue weighted by Gasteiger charge is 2.12. The van der Waals surface area contributed by atoms with Crippen LogP contribution < -0.4 is 5.32 Å². The summed E-state index contributed by atoms with van der Waals surface area (Å²) < 4.78 is 9.58. The second kappa shape index (κ2) is 4.58. The topological polar surface area (TPSA) is 101 Å². The van der Waals surface area contributed by atoms with E-state index in [1.807, 2.05) is 0 Å². The summed E-state index contributed by atoms with van der Waals surface area (Å²) in [5.41, 5.74) is 0.153. The van der Waals surface area contributed by atoms with Gasteiger partial charge in [-0.1, -0.05) is 5.16 Å². The zero-order valence-electron chi connectivity index (χ0n) is 8.21. The molecule has 84 valence electrons. The average Bonchev–Trinajstić information content (AvgIpc) is 2.87. The quantitative estimate of drug-likeness (QED) is 0.767. The second-order valence-electron chi connectivity index (χ2n) is 3.01. The summed E-state index contributed by atoms with van der Waals surface area (Å²) in [5, 5.41) is 15.4. The predicted octanol–water partition coefficient (Wildman–Crippen LogP) is 0.651. The van der Waals surface area contributed by atoms with Crippen LogP contribution in [0.5, 0.6) is 0 Å². The monoisotopic (exact) mass is 223 g/mol. The van der Waals surface area contributed by atoms with Crippen molar-refractivity contribution in [3.63, 3.8) is 0 Å². The molecular formula is C9H9N3O4. The lowest BCUT2D eigenvalue weighted by Crippen LogP contribution is -2.15. The Labute approximate surface area is 90.1 Å². The van der Waals surface area contributed by atoms with Gasteiger partial charge in [-0.05, 0) is 6.07 Å². The Hall–Kier alpha value is -2.15. The molecule has 7 nitrogen and oxygen atoms in total. The zero-order valence-corrected chi connectivity index (χ0v) is 8.21. The summed E-state index contributed by atoms with van der Waals surface area (Å²) in [6, 6.07) is 1.41. The number of aromatic nitrogens is 2. The van der Waals surface area contributed by atoms with E-state index in [0.717, 1.165) is 0 Å². The molecule has 2 heterocycles. The fourth-order valence-corrected chi connectivity index (χ4v) is 1.23. The Morgan fingerprint density at radius 1 is 1.50 bits per heavy atom. The van der Waals surface area contributed by atoms with E-state index < -0.39 is 5.97 Å². The largest absolute Gasteiger partial charge is 0.478 e. The zero-order chi connectivity index (χ0) is 11.4. The van der Waals surface area contributed by atoms with Crippen LogP contribution in [0.25, 0.3) is 0 Å². The predicted molar refractivity (Wildman–Crippen MR) is 50.5 cm³/mol. The van der Waals surface area contributed by atoms with Crippen molar-refractivity contribution in [3.8, 4) is 0 Å². The van der Waals surface area contributed by atoms with Crippen LogP contribution >= 0.6 is 0 Å². The third kappa shape index (κ3) is 2.26. The van der Waals surface area contributed by atoms with Crippen LogP contribution in [0.3, 0.4) is 0 Å².